The Morgan fingerprint density at radius 1 is 1.33 bits per heavy atom. The maximum Gasteiger partial charge on any atom is 0.117 e. The van der Waals surface area contributed by atoms with Gasteiger partial charge in [-0.05, 0) is 13.1 Å². The Morgan fingerprint density at radius 2 is 2.00 bits per heavy atom. The molecule has 0 aliphatic rings. The lowest BCUT2D eigenvalue weighted by Crippen LogP contribution is -2.38. The quantitative estimate of drug-likeness (QED) is 0.443. The SMILES string of the molecule is CCNCC(O)NCC. The largest absolute Gasteiger partial charge is 0.377 e. The van der Waals surface area contributed by atoms with Gasteiger partial charge in [0.15, 0.2) is 0 Å². The summed E-state index contributed by atoms with van der Waals surface area (Å²) in [5.41, 5.74) is 0. The second-order valence-corrected chi connectivity index (χ2v) is 1.88. The Kier molecular flexibility index (Phi) is 5.93. The van der Waals surface area contributed by atoms with Crippen molar-refractivity contribution in [2.45, 2.75) is 20.1 Å². The summed E-state index contributed by atoms with van der Waals surface area (Å²) in [4.78, 5) is 0. The molecule has 0 fully saturated rings. The highest BCUT2D eigenvalue weighted by Gasteiger charge is 1.96. The fourth-order valence-corrected chi connectivity index (χ4v) is 0.589. The highest BCUT2D eigenvalue weighted by Crippen LogP contribution is 1.70. The topological polar surface area (TPSA) is 44.3 Å². The minimum absolute atomic E-state index is 0.394. The molecule has 1 unspecified atom stereocenters. The fourth-order valence-electron chi connectivity index (χ4n) is 0.589. The molecule has 3 heteroatoms. The van der Waals surface area contributed by atoms with Crippen LogP contribution in [0.25, 0.3) is 0 Å². The summed E-state index contributed by atoms with van der Waals surface area (Å²) in [5, 5.41) is 14.9. The van der Waals surface area contributed by atoms with Crippen LogP contribution in [0.15, 0.2) is 0 Å². The molecule has 0 heterocycles. The number of likely N-dealkylation sites (N-methyl/N-ethyl adjacent to an activating group) is 2. The van der Waals surface area contributed by atoms with E-state index >= 15 is 0 Å². The Morgan fingerprint density at radius 3 is 2.44 bits per heavy atom. The predicted octanol–water partition coefficient (Wildman–Crippen LogP) is -0.476. The van der Waals surface area contributed by atoms with Gasteiger partial charge in [-0.25, -0.2) is 0 Å². The van der Waals surface area contributed by atoms with E-state index in [-0.39, 0.29) is 0 Å². The lowest BCUT2D eigenvalue weighted by molar-refractivity contribution is 0.138. The van der Waals surface area contributed by atoms with Crippen LogP contribution in [0, 0.1) is 0 Å². The smallest absolute Gasteiger partial charge is 0.117 e. The maximum absolute atomic E-state index is 9.01. The van der Waals surface area contributed by atoms with Crippen molar-refractivity contribution in [3.05, 3.63) is 0 Å². The number of aliphatic hydroxyl groups excluding tert-OH is 1. The molecule has 0 aromatic carbocycles. The normalized spacial score (nSPS) is 13.7. The molecule has 0 saturated carbocycles. The third-order valence-corrected chi connectivity index (χ3v) is 1.03. The predicted molar refractivity (Wildman–Crippen MR) is 38.2 cm³/mol. The van der Waals surface area contributed by atoms with Crippen LogP contribution in [0.1, 0.15) is 13.8 Å². The van der Waals surface area contributed by atoms with E-state index in [9.17, 15) is 0 Å². The monoisotopic (exact) mass is 132 g/mol. The van der Waals surface area contributed by atoms with E-state index in [0.29, 0.717) is 6.54 Å². The van der Waals surface area contributed by atoms with Crippen LogP contribution >= 0.6 is 0 Å². The van der Waals surface area contributed by atoms with Crippen molar-refractivity contribution in [3.63, 3.8) is 0 Å². The molecule has 0 bridgehead atoms. The van der Waals surface area contributed by atoms with Gasteiger partial charge in [0.2, 0.25) is 0 Å². The summed E-state index contributed by atoms with van der Waals surface area (Å²) >= 11 is 0. The van der Waals surface area contributed by atoms with Gasteiger partial charge in [0.05, 0.1) is 0 Å². The molecular formula is C6H16N2O. The summed E-state index contributed by atoms with van der Waals surface area (Å²) in [6.07, 6.45) is -0.394. The molecule has 0 amide bonds. The zero-order valence-corrected chi connectivity index (χ0v) is 6.15. The third-order valence-electron chi connectivity index (χ3n) is 1.03. The van der Waals surface area contributed by atoms with Gasteiger partial charge in [-0.15, -0.1) is 0 Å². The van der Waals surface area contributed by atoms with Gasteiger partial charge < -0.3 is 10.4 Å². The molecule has 0 aromatic heterocycles. The molecule has 3 N–H and O–H groups in total. The van der Waals surface area contributed by atoms with E-state index in [1.165, 1.54) is 0 Å². The summed E-state index contributed by atoms with van der Waals surface area (Å²) in [7, 11) is 0. The molecule has 56 valence electrons. The molecule has 9 heavy (non-hydrogen) atoms. The minimum Gasteiger partial charge on any atom is -0.377 e. The molecular weight excluding hydrogens is 116 g/mol. The number of hydrogen-bond donors (Lipinski definition) is 3. The van der Waals surface area contributed by atoms with Crippen LogP contribution < -0.4 is 10.6 Å². The van der Waals surface area contributed by atoms with Gasteiger partial charge in [0, 0.05) is 6.54 Å². The van der Waals surface area contributed by atoms with Gasteiger partial charge in [-0.3, -0.25) is 5.32 Å². The minimum atomic E-state index is -0.394. The Bertz CT molecular complexity index is 59.0. The number of nitrogens with one attached hydrogen (secondary N) is 2. The highest BCUT2D eigenvalue weighted by atomic mass is 16.3. The molecule has 3 nitrogen and oxygen atoms in total. The second kappa shape index (κ2) is 6.01. The van der Waals surface area contributed by atoms with Crippen LogP contribution in [0.3, 0.4) is 0 Å². The van der Waals surface area contributed by atoms with Gasteiger partial charge in [-0.1, -0.05) is 13.8 Å². The molecule has 1 atom stereocenters. The van der Waals surface area contributed by atoms with Gasteiger partial charge in [-0.2, -0.15) is 0 Å². The summed E-state index contributed by atoms with van der Waals surface area (Å²) in [6.45, 7) is 6.33. The van der Waals surface area contributed by atoms with Crippen molar-refractivity contribution >= 4 is 0 Å². The summed E-state index contributed by atoms with van der Waals surface area (Å²) < 4.78 is 0. The molecule has 0 aliphatic heterocycles. The lowest BCUT2D eigenvalue weighted by atomic mass is 10.5. The van der Waals surface area contributed by atoms with Crippen LogP contribution in [-0.4, -0.2) is 31.0 Å². The van der Waals surface area contributed by atoms with E-state index < -0.39 is 6.23 Å². The zero-order chi connectivity index (χ0) is 7.11. The van der Waals surface area contributed by atoms with E-state index in [0.717, 1.165) is 13.1 Å². The molecule has 0 spiro atoms. The Balaban J connectivity index is 2.95. The first-order chi connectivity index (χ1) is 4.31. The standard InChI is InChI=1S/C6H16N2O/c1-3-7-5-6(9)8-4-2/h6-9H,3-5H2,1-2H3. The Labute approximate surface area is 56.5 Å². The summed E-state index contributed by atoms with van der Waals surface area (Å²) in [6, 6.07) is 0. The average molecular weight is 132 g/mol. The van der Waals surface area contributed by atoms with Gasteiger partial charge in [0.25, 0.3) is 0 Å². The second-order valence-electron chi connectivity index (χ2n) is 1.88. The van der Waals surface area contributed by atoms with E-state index in [1.807, 2.05) is 13.8 Å². The first-order valence-corrected chi connectivity index (χ1v) is 3.43. The van der Waals surface area contributed by atoms with Crippen molar-refractivity contribution in [2.24, 2.45) is 0 Å². The van der Waals surface area contributed by atoms with Crippen LogP contribution in [0.2, 0.25) is 0 Å². The van der Waals surface area contributed by atoms with Crippen LogP contribution in [-0.2, 0) is 0 Å². The van der Waals surface area contributed by atoms with Crippen LogP contribution in [0.4, 0.5) is 0 Å². The first-order valence-electron chi connectivity index (χ1n) is 3.43. The van der Waals surface area contributed by atoms with Gasteiger partial charge >= 0.3 is 0 Å². The zero-order valence-electron chi connectivity index (χ0n) is 6.15. The average Bonchev–Trinajstić information content (AvgIpc) is 1.85. The van der Waals surface area contributed by atoms with Crippen molar-refractivity contribution < 1.29 is 5.11 Å². The number of aliphatic hydroxyl groups is 1. The maximum atomic E-state index is 9.01. The van der Waals surface area contributed by atoms with Gasteiger partial charge in [0.1, 0.15) is 6.23 Å². The van der Waals surface area contributed by atoms with Crippen molar-refractivity contribution in [2.75, 3.05) is 19.6 Å². The van der Waals surface area contributed by atoms with E-state index in [1.54, 1.807) is 0 Å². The molecule has 0 aromatic rings. The van der Waals surface area contributed by atoms with E-state index in [4.69, 9.17) is 5.11 Å². The first kappa shape index (κ1) is 8.88. The number of hydrogen-bond acceptors (Lipinski definition) is 3. The van der Waals surface area contributed by atoms with Crippen molar-refractivity contribution in [3.8, 4) is 0 Å². The summed E-state index contributed by atoms with van der Waals surface area (Å²) in [5.74, 6) is 0. The molecule has 0 saturated heterocycles. The Hall–Kier alpha value is -0.120. The van der Waals surface area contributed by atoms with Crippen molar-refractivity contribution in [1.82, 2.24) is 10.6 Å². The molecule has 0 rings (SSSR count). The molecule has 0 aliphatic carbocycles. The van der Waals surface area contributed by atoms with E-state index in [2.05, 4.69) is 10.6 Å². The third kappa shape index (κ3) is 5.76. The highest BCUT2D eigenvalue weighted by molar-refractivity contribution is 4.53. The molecule has 0 radical (unpaired) electrons. The van der Waals surface area contributed by atoms with Crippen molar-refractivity contribution in [1.29, 1.82) is 0 Å². The lowest BCUT2D eigenvalue weighted by Gasteiger charge is -2.10. The fraction of sp³-hybridized carbons (Fsp3) is 1.00. The number of rotatable bonds is 5. The van der Waals surface area contributed by atoms with Crippen LogP contribution in [0.5, 0.6) is 0 Å².